The van der Waals surface area contributed by atoms with E-state index in [1.165, 1.54) is 26.0 Å². The third-order valence-corrected chi connectivity index (χ3v) is 6.73. The van der Waals surface area contributed by atoms with Gasteiger partial charge in [-0.3, -0.25) is 9.59 Å². The summed E-state index contributed by atoms with van der Waals surface area (Å²) in [6, 6.07) is 20.3. The summed E-state index contributed by atoms with van der Waals surface area (Å²) >= 11 is 0. The zero-order chi connectivity index (χ0) is 30.1. The number of ether oxygens (including phenoxy) is 4. The van der Waals surface area contributed by atoms with Gasteiger partial charge in [-0.2, -0.15) is 0 Å². The van der Waals surface area contributed by atoms with Crippen molar-refractivity contribution in [2.45, 2.75) is 37.8 Å². The molecule has 0 spiro atoms. The molecular weight excluding hydrogens is 540 g/mol. The molecule has 1 saturated heterocycles. The van der Waals surface area contributed by atoms with Crippen molar-refractivity contribution in [1.82, 2.24) is 10.2 Å². The lowest BCUT2D eigenvalue weighted by Crippen LogP contribution is -2.75. The number of carbonyl (C=O) groups excluding carboxylic acids is 3. The van der Waals surface area contributed by atoms with Crippen LogP contribution in [0.1, 0.15) is 18.1 Å². The summed E-state index contributed by atoms with van der Waals surface area (Å²) < 4.78 is 21.6. The third-order valence-electron chi connectivity index (χ3n) is 6.73. The number of β-lactam (4-membered cyclic amide) rings is 1. The summed E-state index contributed by atoms with van der Waals surface area (Å²) in [5, 5.41) is 13.3. The van der Waals surface area contributed by atoms with Gasteiger partial charge < -0.3 is 34.3 Å². The van der Waals surface area contributed by atoms with Crippen molar-refractivity contribution < 1.29 is 38.4 Å². The zero-order valence-electron chi connectivity index (χ0n) is 23.6. The molecule has 3 aromatic rings. The number of likely N-dealkylation sites (tertiary alicyclic amines) is 1. The Bertz CT molecular complexity index is 1390. The molecule has 1 heterocycles. The summed E-state index contributed by atoms with van der Waals surface area (Å²) in [7, 11) is 3.02. The van der Waals surface area contributed by atoms with E-state index in [9.17, 15) is 19.5 Å². The van der Waals surface area contributed by atoms with Crippen LogP contribution in [-0.2, 0) is 25.7 Å². The van der Waals surface area contributed by atoms with E-state index in [-0.39, 0.29) is 13.2 Å². The van der Waals surface area contributed by atoms with Crippen LogP contribution in [0.4, 0.5) is 0 Å². The van der Waals surface area contributed by atoms with Crippen LogP contribution >= 0.6 is 0 Å². The molecule has 220 valence electrons. The number of hydrogen-bond donors (Lipinski definition) is 2. The average molecular weight is 575 g/mol. The van der Waals surface area contributed by atoms with Crippen LogP contribution in [0.15, 0.2) is 84.9 Å². The molecule has 4 atom stereocenters. The maximum atomic E-state index is 13.4. The molecule has 1 aliphatic rings. The van der Waals surface area contributed by atoms with Crippen LogP contribution in [0.3, 0.4) is 0 Å². The molecule has 10 heteroatoms. The average Bonchev–Trinajstić information content (AvgIpc) is 3.02. The number of nitrogens with zero attached hydrogens (tertiary/aromatic N) is 1. The number of carbonyl (C=O) groups is 3. The predicted molar refractivity (Wildman–Crippen MR) is 155 cm³/mol. The fourth-order valence-electron chi connectivity index (χ4n) is 4.61. The van der Waals surface area contributed by atoms with Gasteiger partial charge in [0.1, 0.15) is 18.4 Å². The Morgan fingerprint density at radius 2 is 1.64 bits per heavy atom. The monoisotopic (exact) mass is 574 g/mol. The fourth-order valence-corrected chi connectivity index (χ4v) is 4.61. The summed E-state index contributed by atoms with van der Waals surface area (Å²) in [5.74, 6) is -0.309. The number of amides is 2. The van der Waals surface area contributed by atoms with Gasteiger partial charge in [-0.05, 0) is 42.3 Å². The Kier molecular flexibility index (Phi) is 10.2. The number of aliphatic hydroxyl groups is 1. The minimum absolute atomic E-state index is 0.119. The third kappa shape index (κ3) is 7.27. The highest BCUT2D eigenvalue weighted by molar-refractivity contribution is 5.97. The van der Waals surface area contributed by atoms with Crippen molar-refractivity contribution in [3.8, 4) is 17.2 Å². The minimum atomic E-state index is -1.31. The smallest absolute Gasteiger partial charge is 0.331 e. The molecule has 2 amide bonds. The van der Waals surface area contributed by atoms with E-state index in [4.69, 9.17) is 18.9 Å². The molecule has 4 rings (SSSR count). The second kappa shape index (κ2) is 14.2. The van der Waals surface area contributed by atoms with E-state index in [1.54, 1.807) is 54.6 Å². The van der Waals surface area contributed by atoms with Gasteiger partial charge in [0, 0.05) is 0 Å². The van der Waals surface area contributed by atoms with E-state index < -0.39 is 42.0 Å². The first-order chi connectivity index (χ1) is 20.3. The standard InChI is InChI=1S/C32H34N2O8/c1-21(35)30(32(38)42-19-23-15-17-26(39-2)27(18-23)40-3)34-25(16-14-22-10-6-4-7-11-22)29(31(34)37)33-28(36)20-41-24-12-8-5-9-13-24/h4-18,21,25,29-30,35H,19-20H2,1-3H3,(H,33,36)/b16-14+/t21-,25-,29+,30+/m0/s1. The summed E-state index contributed by atoms with van der Waals surface area (Å²) in [6.45, 7) is 0.995. The second-order valence-corrected chi connectivity index (χ2v) is 9.64. The van der Waals surface area contributed by atoms with E-state index in [2.05, 4.69) is 5.32 Å². The van der Waals surface area contributed by atoms with Crippen molar-refractivity contribution in [1.29, 1.82) is 0 Å². The first-order valence-corrected chi connectivity index (χ1v) is 13.4. The number of esters is 1. The lowest BCUT2D eigenvalue weighted by Gasteiger charge is -2.49. The summed E-state index contributed by atoms with van der Waals surface area (Å²) in [6.07, 6.45) is 2.26. The van der Waals surface area contributed by atoms with Gasteiger partial charge in [0.05, 0.1) is 26.4 Å². The van der Waals surface area contributed by atoms with Crippen LogP contribution in [0.5, 0.6) is 17.2 Å². The number of benzene rings is 3. The van der Waals surface area contributed by atoms with Crippen LogP contribution in [-0.4, -0.2) is 72.8 Å². The number of rotatable bonds is 13. The normalized spacial score (nSPS) is 17.6. The molecule has 0 radical (unpaired) electrons. The Morgan fingerprint density at radius 1 is 0.976 bits per heavy atom. The molecule has 3 aromatic carbocycles. The van der Waals surface area contributed by atoms with Gasteiger partial charge in [-0.1, -0.05) is 66.7 Å². The van der Waals surface area contributed by atoms with Crippen molar-refractivity contribution in [2.24, 2.45) is 0 Å². The molecular formula is C32H34N2O8. The lowest BCUT2D eigenvalue weighted by molar-refractivity contribution is -0.173. The van der Waals surface area contributed by atoms with Gasteiger partial charge >= 0.3 is 5.97 Å². The maximum Gasteiger partial charge on any atom is 0.331 e. The Labute approximate surface area is 244 Å². The SMILES string of the molecule is COc1ccc(COC(=O)[C@@H]([C@H](C)O)N2C(=O)[C@H](NC(=O)COc3ccccc3)[C@@H]2/C=C/c2ccccc2)cc1OC. The first kappa shape index (κ1) is 30.1. The topological polar surface area (TPSA) is 124 Å². The molecule has 10 nitrogen and oxygen atoms in total. The van der Waals surface area contributed by atoms with Crippen LogP contribution in [0.25, 0.3) is 6.08 Å². The van der Waals surface area contributed by atoms with E-state index in [0.29, 0.717) is 22.8 Å². The van der Waals surface area contributed by atoms with Crippen LogP contribution < -0.4 is 19.5 Å². The highest BCUT2D eigenvalue weighted by atomic mass is 16.5. The van der Waals surface area contributed by atoms with Crippen LogP contribution in [0.2, 0.25) is 0 Å². The van der Waals surface area contributed by atoms with Gasteiger partial charge in [-0.15, -0.1) is 0 Å². The summed E-state index contributed by atoms with van der Waals surface area (Å²) in [5.41, 5.74) is 1.49. The largest absolute Gasteiger partial charge is 0.493 e. The quantitative estimate of drug-likeness (QED) is 0.236. The van der Waals surface area contributed by atoms with Crippen molar-refractivity contribution >= 4 is 23.9 Å². The number of nitrogens with one attached hydrogen (secondary N) is 1. The number of para-hydroxylation sites is 1. The lowest BCUT2D eigenvalue weighted by atomic mass is 9.89. The molecule has 1 aliphatic heterocycles. The molecule has 0 aromatic heterocycles. The van der Waals surface area contributed by atoms with Gasteiger partial charge in [0.2, 0.25) is 5.91 Å². The number of methoxy groups -OCH3 is 2. The van der Waals surface area contributed by atoms with Crippen molar-refractivity contribution in [2.75, 3.05) is 20.8 Å². The van der Waals surface area contributed by atoms with Crippen LogP contribution in [0, 0.1) is 0 Å². The van der Waals surface area contributed by atoms with E-state index in [0.717, 1.165) is 5.56 Å². The van der Waals surface area contributed by atoms with Gasteiger partial charge in [0.15, 0.2) is 24.1 Å². The minimum Gasteiger partial charge on any atom is -0.493 e. The van der Waals surface area contributed by atoms with E-state index in [1.807, 2.05) is 36.4 Å². The summed E-state index contributed by atoms with van der Waals surface area (Å²) in [4.78, 5) is 40.6. The Hall–Kier alpha value is -4.83. The first-order valence-electron chi connectivity index (χ1n) is 13.4. The predicted octanol–water partition coefficient (Wildman–Crippen LogP) is 2.98. The molecule has 2 N–H and O–H groups in total. The molecule has 0 bridgehead atoms. The number of hydrogen-bond acceptors (Lipinski definition) is 8. The molecule has 1 fully saturated rings. The molecule has 42 heavy (non-hydrogen) atoms. The fraction of sp³-hybridized carbons (Fsp3) is 0.281. The van der Waals surface area contributed by atoms with Gasteiger partial charge in [-0.25, -0.2) is 4.79 Å². The van der Waals surface area contributed by atoms with Crippen molar-refractivity contribution in [3.05, 3.63) is 96.1 Å². The Balaban J connectivity index is 1.49. The molecule has 0 aliphatic carbocycles. The highest BCUT2D eigenvalue weighted by Gasteiger charge is 2.53. The van der Waals surface area contributed by atoms with Crippen molar-refractivity contribution in [3.63, 3.8) is 0 Å². The van der Waals surface area contributed by atoms with E-state index >= 15 is 0 Å². The number of aliphatic hydroxyl groups excluding tert-OH is 1. The maximum absolute atomic E-state index is 13.4. The molecule has 0 saturated carbocycles. The molecule has 0 unspecified atom stereocenters. The highest BCUT2D eigenvalue weighted by Crippen LogP contribution is 2.30. The van der Waals surface area contributed by atoms with Gasteiger partial charge in [0.25, 0.3) is 5.91 Å². The Morgan fingerprint density at radius 3 is 2.29 bits per heavy atom. The second-order valence-electron chi connectivity index (χ2n) is 9.64. The zero-order valence-corrected chi connectivity index (χ0v) is 23.6.